The average molecular weight is 413 g/mol. The number of ether oxygens (including phenoxy) is 1. The third kappa shape index (κ3) is 4.07. The van der Waals surface area contributed by atoms with Crippen LogP contribution in [0.25, 0.3) is 0 Å². The number of amides is 2. The van der Waals surface area contributed by atoms with E-state index in [-0.39, 0.29) is 28.1 Å². The Bertz CT molecular complexity index is 821. The molecule has 1 saturated carbocycles. The molecule has 0 radical (unpaired) electrons. The fraction of sp³-hybridized carbons (Fsp3) is 0.526. The molecule has 3 rings (SSSR count). The standard InChI is InChI=1S/C19H22F3N3O4/c1-29-15-10-6-5-9-13(15)23-16(26)17(27)25-18(28,19(20,21)22)11-14(24-25)12-7-3-2-4-8-12/h5-6,9-10,12,28H,2-4,7-8,11H2,1H3,(H,23,26)/t18-/m1/s1. The first kappa shape index (κ1) is 21.1. The quantitative estimate of drug-likeness (QED) is 0.746. The molecule has 0 saturated heterocycles. The minimum absolute atomic E-state index is 0.1000. The lowest BCUT2D eigenvalue weighted by atomic mass is 9.83. The third-order valence-electron chi connectivity index (χ3n) is 5.28. The Morgan fingerprint density at radius 2 is 1.90 bits per heavy atom. The molecule has 158 valence electrons. The van der Waals surface area contributed by atoms with Crippen molar-refractivity contribution in [3.8, 4) is 5.75 Å². The second-order valence-corrected chi connectivity index (χ2v) is 7.19. The molecule has 1 aliphatic carbocycles. The van der Waals surface area contributed by atoms with E-state index in [2.05, 4.69) is 10.4 Å². The number of anilines is 1. The first-order chi connectivity index (χ1) is 13.7. The van der Waals surface area contributed by atoms with Gasteiger partial charge < -0.3 is 15.2 Å². The highest BCUT2D eigenvalue weighted by Gasteiger charge is 2.64. The third-order valence-corrected chi connectivity index (χ3v) is 5.28. The lowest BCUT2D eigenvalue weighted by Gasteiger charge is -2.32. The lowest BCUT2D eigenvalue weighted by molar-refractivity contribution is -0.301. The molecule has 2 N–H and O–H groups in total. The van der Waals surface area contributed by atoms with Crippen molar-refractivity contribution in [1.29, 1.82) is 0 Å². The molecule has 0 bridgehead atoms. The summed E-state index contributed by atoms with van der Waals surface area (Å²) in [5.41, 5.74) is -3.34. The fourth-order valence-corrected chi connectivity index (χ4v) is 3.69. The molecule has 1 fully saturated rings. The van der Waals surface area contributed by atoms with Gasteiger partial charge in [0.05, 0.1) is 12.8 Å². The van der Waals surface area contributed by atoms with Gasteiger partial charge in [-0.25, -0.2) is 0 Å². The molecule has 0 spiro atoms. The normalized spacial score (nSPS) is 22.9. The second kappa shape index (κ2) is 8.02. The van der Waals surface area contributed by atoms with Gasteiger partial charge in [-0.15, -0.1) is 0 Å². The molecule has 1 aliphatic heterocycles. The van der Waals surface area contributed by atoms with E-state index < -0.39 is 30.1 Å². The smallest absolute Gasteiger partial charge is 0.438 e. The Kier molecular flexibility index (Phi) is 5.83. The number of hydrogen-bond donors (Lipinski definition) is 2. The molecular formula is C19H22F3N3O4. The van der Waals surface area contributed by atoms with Crippen LogP contribution in [-0.2, 0) is 9.59 Å². The van der Waals surface area contributed by atoms with E-state index in [1.807, 2.05) is 0 Å². The first-order valence-electron chi connectivity index (χ1n) is 9.32. The number of halogens is 3. The van der Waals surface area contributed by atoms with Crippen molar-refractivity contribution in [2.75, 3.05) is 12.4 Å². The maximum absolute atomic E-state index is 13.6. The highest BCUT2D eigenvalue weighted by atomic mass is 19.4. The summed E-state index contributed by atoms with van der Waals surface area (Å²) < 4.78 is 46.0. The van der Waals surface area contributed by atoms with Gasteiger partial charge in [0.2, 0.25) is 0 Å². The monoisotopic (exact) mass is 413 g/mol. The minimum atomic E-state index is -5.17. The van der Waals surface area contributed by atoms with E-state index >= 15 is 0 Å². The molecule has 10 heteroatoms. The number of nitrogens with zero attached hydrogens (tertiary/aromatic N) is 2. The number of rotatable bonds is 3. The van der Waals surface area contributed by atoms with Crippen LogP contribution in [0.3, 0.4) is 0 Å². The number of carbonyl (C=O) groups is 2. The van der Waals surface area contributed by atoms with Gasteiger partial charge in [0, 0.05) is 12.1 Å². The second-order valence-electron chi connectivity index (χ2n) is 7.19. The van der Waals surface area contributed by atoms with Crippen molar-refractivity contribution in [3.63, 3.8) is 0 Å². The molecule has 0 aromatic heterocycles. The highest BCUT2D eigenvalue weighted by Crippen LogP contribution is 2.43. The maximum Gasteiger partial charge on any atom is 0.438 e. The summed E-state index contributed by atoms with van der Waals surface area (Å²) >= 11 is 0. The Labute approximate surface area is 165 Å². The van der Waals surface area contributed by atoms with E-state index in [9.17, 15) is 27.9 Å². The molecule has 0 unspecified atom stereocenters. The minimum Gasteiger partial charge on any atom is -0.495 e. The summed E-state index contributed by atoms with van der Waals surface area (Å²) in [4.78, 5) is 24.9. The van der Waals surface area contributed by atoms with Crippen LogP contribution in [0.4, 0.5) is 18.9 Å². The highest BCUT2D eigenvalue weighted by molar-refractivity contribution is 6.40. The van der Waals surface area contributed by atoms with Gasteiger partial charge in [0.25, 0.3) is 5.72 Å². The zero-order valence-corrected chi connectivity index (χ0v) is 15.8. The van der Waals surface area contributed by atoms with E-state index in [1.54, 1.807) is 12.1 Å². The van der Waals surface area contributed by atoms with E-state index in [1.165, 1.54) is 19.2 Å². The van der Waals surface area contributed by atoms with Crippen LogP contribution in [-0.4, -0.2) is 46.7 Å². The van der Waals surface area contributed by atoms with Crippen LogP contribution in [0.15, 0.2) is 29.4 Å². The van der Waals surface area contributed by atoms with Crippen LogP contribution in [0.1, 0.15) is 38.5 Å². The van der Waals surface area contributed by atoms with Crippen molar-refractivity contribution in [3.05, 3.63) is 24.3 Å². The van der Waals surface area contributed by atoms with Crippen LogP contribution in [0.2, 0.25) is 0 Å². The van der Waals surface area contributed by atoms with Gasteiger partial charge in [-0.05, 0) is 30.9 Å². The summed E-state index contributed by atoms with van der Waals surface area (Å²) in [6.45, 7) is 0. The van der Waals surface area contributed by atoms with Crippen LogP contribution < -0.4 is 10.1 Å². The molecule has 29 heavy (non-hydrogen) atoms. The van der Waals surface area contributed by atoms with E-state index in [4.69, 9.17) is 4.74 Å². The number of nitrogens with one attached hydrogen (secondary N) is 1. The van der Waals surface area contributed by atoms with Gasteiger partial charge in [0.15, 0.2) is 0 Å². The Morgan fingerprint density at radius 3 is 2.52 bits per heavy atom. The van der Waals surface area contributed by atoms with Crippen molar-refractivity contribution in [2.45, 2.75) is 50.4 Å². The Balaban J connectivity index is 1.86. The van der Waals surface area contributed by atoms with Gasteiger partial charge in [-0.2, -0.15) is 23.3 Å². The van der Waals surface area contributed by atoms with E-state index in [0.717, 1.165) is 19.3 Å². The molecule has 2 amide bonds. The van der Waals surface area contributed by atoms with Gasteiger partial charge in [-0.3, -0.25) is 9.59 Å². The van der Waals surface area contributed by atoms with Crippen LogP contribution >= 0.6 is 0 Å². The zero-order chi connectivity index (χ0) is 21.2. The average Bonchev–Trinajstić information content (AvgIpc) is 3.07. The number of aliphatic hydroxyl groups is 1. The largest absolute Gasteiger partial charge is 0.495 e. The number of para-hydroxylation sites is 2. The number of methoxy groups -OCH3 is 1. The van der Waals surface area contributed by atoms with Crippen molar-refractivity contribution in [1.82, 2.24) is 5.01 Å². The molecular weight excluding hydrogens is 391 g/mol. The van der Waals surface area contributed by atoms with Crippen molar-refractivity contribution < 1.29 is 32.6 Å². The topological polar surface area (TPSA) is 91.2 Å². The zero-order valence-electron chi connectivity index (χ0n) is 15.8. The molecule has 7 nitrogen and oxygen atoms in total. The number of benzene rings is 1. The van der Waals surface area contributed by atoms with Crippen LogP contribution in [0.5, 0.6) is 5.75 Å². The fourth-order valence-electron chi connectivity index (χ4n) is 3.69. The molecule has 1 aromatic carbocycles. The summed E-state index contributed by atoms with van der Waals surface area (Å²) in [6.07, 6.45) is -2.07. The summed E-state index contributed by atoms with van der Waals surface area (Å²) in [6, 6.07) is 6.13. The number of alkyl halides is 3. The molecule has 1 atom stereocenters. The van der Waals surface area contributed by atoms with E-state index in [0.29, 0.717) is 12.8 Å². The lowest BCUT2D eigenvalue weighted by Crippen LogP contribution is -2.58. The van der Waals surface area contributed by atoms with Crippen molar-refractivity contribution in [2.24, 2.45) is 11.0 Å². The SMILES string of the molecule is COc1ccccc1NC(=O)C(=O)N1N=C(C2CCCCC2)C[C@@]1(O)C(F)(F)F. The van der Waals surface area contributed by atoms with Gasteiger partial charge >= 0.3 is 18.0 Å². The van der Waals surface area contributed by atoms with Crippen molar-refractivity contribution >= 4 is 23.2 Å². The maximum atomic E-state index is 13.6. The van der Waals surface area contributed by atoms with Gasteiger partial charge in [0.1, 0.15) is 5.75 Å². The molecule has 2 aliphatic rings. The predicted octanol–water partition coefficient (Wildman–Crippen LogP) is 3.05. The summed E-state index contributed by atoms with van der Waals surface area (Å²) in [7, 11) is 1.34. The number of hydrazone groups is 1. The summed E-state index contributed by atoms with van der Waals surface area (Å²) in [5, 5.41) is 16.2. The van der Waals surface area contributed by atoms with Crippen LogP contribution in [0, 0.1) is 5.92 Å². The number of hydrogen-bond acceptors (Lipinski definition) is 5. The molecule has 1 aromatic rings. The van der Waals surface area contributed by atoms with Gasteiger partial charge in [-0.1, -0.05) is 31.4 Å². The first-order valence-corrected chi connectivity index (χ1v) is 9.32. The predicted molar refractivity (Wildman–Crippen MR) is 98.1 cm³/mol. The Hall–Kier alpha value is -2.62. The number of carbonyl (C=O) groups excluding carboxylic acids is 2. The Morgan fingerprint density at radius 1 is 1.24 bits per heavy atom. The summed E-state index contributed by atoms with van der Waals surface area (Å²) in [5.74, 6) is -2.97. The molecule has 1 heterocycles.